The number of Topliss-reactive ketones (excluding diaryl/α,β-unsaturated/α-hetero) is 1. The molecule has 0 aliphatic rings. The van der Waals surface area contributed by atoms with Crippen LogP contribution in [0.2, 0.25) is 0 Å². The highest BCUT2D eigenvalue weighted by Crippen LogP contribution is 2.15. The van der Waals surface area contributed by atoms with E-state index in [1.54, 1.807) is 23.0 Å². The lowest BCUT2D eigenvalue weighted by Gasteiger charge is -2.04. The molecule has 0 saturated carbocycles. The van der Waals surface area contributed by atoms with Crippen LogP contribution in [0.5, 0.6) is 5.88 Å². The van der Waals surface area contributed by atoms with Crippen molar-refractivity contribution in [1.82, 2.24) is 14.8 Å². The Bertz CT molecular complexity index is 534. The highest BCUT2D eigenvalue weighted by molar-refractivity contribution is 5.99. The molecule has 0 amide bonds. The van der Waals surface area contributed by atoms with Crippen molar-refractivity contribution in [3.8, 4) is 5.88 Å². The van der Waals surface area contributed by atoms with Gasteiger partial charge in [-0.1, -0.05) is 0 Å². The molecule has 2 heterocycles. The van der Waals surface area contributed by atoms with Gasteiger partial charge in [-0.05, 0) is 18.2 Å². The standard InChI is InChI=1S/C12H13N3O2/c1-15-7-5-9(14-15)8-11(16)10-4-3-6-13-12(10)17-2/h3-7H,8H2,1-2H3. The van der Waals surface area contributed by atoms with Crippen molar-refractivity contribution in [2.75, 3.05) is 7.11 Å². The van der Waals surface area contributed by atoms with E-state index in [0.717, 1.165) is 5.69 Å². The number of aryl methyl sites for hydroxylation is 1. The number of rotatable bonds is 4. The SMILES string of the molecule is COc1ncccc1C(=O)Cc1ccn(C)n1. The minimum atomic E-state index is -0.0475. The number of carbonyl (C=O) groups is 1. The summed E-state index contributed by atoms with van der Waals surface area (Å²) in [6, 6.07) is 5.24. The third kappa shape index (κ3) is 2.50. The van der Waals surface area contributed by atoms with Crippen LogP contribution in [0.15, 0.2) is 30.6 Å². The monoisotopic (exact) mass is 231 g/mol. The molecule has 0 radical (unpaired) electrons. The van der Waals surface area contributed by atoms with Gasteiger partial charge in [0.1, 0.15) is 0 Å². The summed E-state index contributed by atoms with van der Waals surface area (Å²) in [6.07, 6.45) is 3.66. The fourth-order valence-electron chi connectivity index (χ4n) is 1.58. The highest BCUT2D eigenvalue weighted by atomic mass is 16.5. The number of hydrogen-bond acceptors (Lipinski definition) is 4. The Morgan fingerprint density at radius 2 is 2.29 bits per heavy atom. The van der Waals surface area contributed by atoms with Crippen LogP contribution in [-0.4, -0.2) is 27.7 Å². The van der Waals surface area contributed by atoms with Crippen LogP contribution in [0.4, 0.5) is 0 Å². The van der Waals surface area contributed by atoms with Crippen LogP contribution in [0.25, 0.3) is 0 Å². The molecule has 2 aromatic heterocycles. The lowest BCUT2D eigenvalue weighted by Crippen LogP contribution is -2.07. The van der Waals surface area contributed by atoms with Gasteiger partial charge in [0.15, 0.2) is 5.78 Å². The van der Waals surface area contributed by atoms with Gasteiger partial charge in [-0.3, -0.25) is 9.48 Å². The molecule has 88 valence electrons. The van der Waals surface area contributed by atoms with Gasteiger partial charge in [0.05, 0.1) is 24.8 Å². The molecule has 17 heavy (non-hydrogen) atoms. The minimum Gasteiger partial charge on any atom is -0.480 e. The van der Waals surface area contributed by atoms with E-state index in [9.17, 15) is 4.79 Å². The first-order valence-electron chi connectivity index (χ1n) is 5.21. The van der Waals surface area contributed by atoms with E-state index in [0.29, 0.717) is 11.4 Å². The Labute approximate surface area is 99.1 Å². The number of hydrogen-bond donors (Lipinski definition) is 0. The Morgan fingerprint density at radius 3 is 2.94 bits per heavy atom. The van der Waals surface area contributed by atoms with E-state index in [1.165, 1.54) is 7.11 Å². The molecule has 2 rings (SSSR count). The Balaban J connectivity index is 2.20. The first kappa shape index (κ1) is 11.3. The first-order valence-corrected chi connectivity index (χ1v) is 5.21. The summed E-state index contributed by atoms with van der Waals surface area (Å²) in [7, 11) is 3.32. The molecule has 2 aromatic rings. The summed E-state index contributed by atoms with van der Waals surface area (Å²) in [5.74, 6) is 0.307. The van der Waals surface area contributed by atoms with Crippen molar-refractivity contribution < 1.29 is 9.53 Å². The lowest BCUT2D eigenvalue weighted by atomic mass is 10.1. The predicted octanol–water partition coefficient (Wildman–Crippen LogP) is 1.25. The fraction of sp³-hybridized carbons (Fsp3) is 0.250. The van der Waals surface area contributed by atoms with E-state index >= 15 is 0 Å². The minimum absolute atomic E-state index is 0.0475. The summed E-state index contributed by atoms with van der Waals surface area (Å²) < 4.78 is 6.72. The van der Waals surface area contributed by atoms with Gasteiger partial charge in [0.2, 0.25) is 5.88 Å². The topological polar surface area (TPSA) is 57.0 Å². The van der Waals surface area contributed by atoms with Crippen molar-refractivity contribution in [3.63, 3.8) is 0 Å². The number of pyridine rings is 1. The Morgan fingerprint density at radius 1 is 1.47 bits per heavy atom. The van der Waals surface area contributed by atoms with Crippen LogP contribution in [0, 0.1) is 0 Å². The van der Waals surface area contributed by atoms with Gasteiger partial charge in [-0.2, -0.15) is 5.10 Å². The molecule has 0 N–H and O–H groups in total. The van der Waals surface area contributed by atoms with Crippen molar-refractivity contribution in [2.24, 2.45) is 7.05 Å². The number of methoxy groups -OCH3 is 1. The molecule has 0 fully saturated rings. The molecule has 0 aliphatic heterocycles. The number of ketones is 1. The van der Waals surface area contributed by atoms with Crippen molar-refractivity contribution in [3.05, 3.63) is 41.9 Å². The first-order chi connectivity index (χ1) is 8.20. The summed E-state index contributed by atoms with van der Waals surface area (Å²) in [5.41, 5.74) is 1.23. The lowest BCUT2D eigenvalue weighted by molar-refractivity contribution is 0.0988. The van der Waals surface area contributed by atoms with Crippen LogP contribution in [0.1, 0.15) is 16.1 Å². The normalized spacial score (nSPS) is 10.2. The number of aromatic nitrogens is 3. The zero-order chi connectivity index (χ0) is 12.3. The summed E-state index contributed by atoms with van der Waals surface area (Å²) in [5, 5.41) is 4.17. The van der Waals surface area contributed by atoms with Gasteiger partial charge in [0, 0.05) is 19.4 Å². The average Bonchev–Trinajstić information content (AvgIpc) is 2.74. The second kappa shape index (κ2) is 4.78. The third-order valence-corrected chi connectivity index (χ3v) is 2.38. The molecule has 0 bridgehead atoms. The predicted molar refractivity (Wildman–Crippen MR) is 62.0 cm³/mol. The average molecular weight is 231 g/mol. The van der Waals surface area contributed by atoms with Crippen LogP contribution in [-0.2, 0) is 13.5 Å². The van der Waals surface area contributed by atoms with E-state index in [1.807, 2.05) is 19.3 Å². The van der Waals surface area contributed by atoms with Gasteiger partial charge < -0.3 is 4.74 Å². The van der Waals surface area contributed by atoms with Crippen molar-refractivity contribution in [1.29, 1.82) is 0 Å². The molecule has 0 aromatic carbocycles. The summed E-state index contributed by atoms with van der Waals surface area (Å²) >= 11 is 0. The van der Waals surface area contributed by atoms with Gasteiger partial charge >= 0.3 is 0 Å². The number of nitrogens with zero attached hydrogens (tertiary/aromatic N) is 3. The molecule has 0 unspecified atom stereocenters. The van der Waals surface area contributed by atoms with E-state index < -0.39 is 0 Å². The Kier molecular flexibility index (Phi) is 3.18. The van der Waals surface area contributed by atoms with E-state index in [4.69, 9.17) is 4.74 Å². The van der Waals surface area contributed by atoms with Crippen molar-refractivity contribution in [2.45, 2.75) is 6.42 Å². The quantitative estimate of drug-likeness (QED) is 0.743. The van der Waals surface area contributed by atoms with E-state index in [2.05, 4.69) is 10.1 Å². The molecule has 5 nitrogen and oxygen atoms in total. The van der Waals surface area contributed by atoms with Crippen molar-refractivity contribution >= 4 is 5.78 Å². The Hall–Kier alpha value is -2.17. The maximum Gasteiger partial charge on any atom is 0.224 e. The second-order valence-electron chi connectivity index (χ2n) is 3.64. The zero-order valence-electron chi connectivity index (χ0n) is 9.75. The van der Waals surface area contributed by atoms with Gasteiger partial charge in [-0.25, -0.2) is 4.98 Å². The van der Waals surface area contributed by atoms with E-state index in [-0.39, 0.29) is 12.2 Å². The molecule has 0 spiro atoms. The number of ether oxygens (including phenoxy) is 1. The molecule has 0 saturated heterocycles. The summed E-state index contributed by atoms with van der Waals surface area (Å²) in [4.78, 5) is 16.0. The maximum absolute atomic E-state index is 12.0. The van der Waals surface area contributed by atoms with Crippen LogP contribution in [0.3, 0.4) is 0 Å². The number of carbonyl (C=O) groups excluding carboxylic acids is 1. The molecule has 5 heteroatoms. The summed E-state index contributed by atoms with van der Waals surface area (Å²) in [6.45, 7) is 0. The van der Waals surface area contributed by atoms with Crippen LogP contribution >= 0.6 is 0 Å². The fourth-order valence-corrected chi connectivity index (χ4v) is 1.58. The molecular weight excluding hydrogens is 218 g/mol. The molecule has 0 aliphatic carbocycles. The van der Waals surface area contributed by atoms with Crippen LogP contribution < -0.4 is 4.74 Å². The van der Waals surface area contributed by atoms with Gasteiger partial charge in [-0.15, -0.1) is 0 Å². The van der Waals surface area contributed by atoms with Gasteiger partial charge in [0.25, 0.3) is 0 Å². The second-order valence-corrected chi connectivity index (χ2v) is 3.64. The third-order valence-electron chi connectivity index (χ3n) is 2.38. The zero-order valence-corrected chi connectivity index (χ0v) is 9.75. The highest BCUT2D eigenvalue weighted by Gasteiger charge is 2.14. The molecular formula is C12H13N3O2. The molecule has 0 atom stereocenters. The maximum atomic E-state index is 12.0. The largest absolute Gasteiger partial charge is 0.480 e. The smallest absolute Gasteiger partial charge is 0.224 e.